The van der Waals surface area contributed by atoms with E-state index in [4.69, 9.17) is 0 Å². The van der Waals surface area contributed by atoms with Crippen molar-refractivity contribution in [1.82, 2.24) is 4.90 Å². The van der Waals surface area contributed by atoms with Crippen LogP contribution in [0.1, 0.15) is 41.7 Å². The highest BCUT2D eigenvalue weighted by atomic mass is 16.2. The van der Waals surface area contributed by atoms with Gasteiger partial charge in [0.15, 0.2) is 0 Å². The van der Waals surface area contributed by atoms with Crippen LogP contribution in [0.2, 0.25) is 0 Å². The molecule has 31 heavy (non-hydrogen) atoms. The molecule has 4 rings (SSSR count). The van der Waals surface area contributed by atoms with E-state index in [1.54, 1.807) is 4.90 Å². The number of aryl methyl sites for hydroxylation is 2. The third kappa shape index (κ3) is 3.86. The predicted molar refractivity (Wildman–Crippen MR) is 124 cm³/mol. The average Bonchev–Trinajstić information content (AvgIpc) is 2.92. The van der Waals surface area contributed by atoms with Gasteiger partial charge in [-0.2, -0.15) is 0 Å². The topological polar surface area (TPSA) is 40.6 Å². The van der Waals surface area contributed by atoms with E-state index >= 15 is 0 Å². The molecule has 0 unspecified atom stereocenters. The summed E-state index contributed by atoms with van der Waals surface area (Å²) in [5.41, 5.74) is 5.34. The van der Waals surface area contributed by atoms with Crippen LogP contribution in [0.25, 0.3) is 0 Å². The first kappa shape index (κ1) is 20.9. The van der Waals surface area contributed by atoms with Crippen LogP contribution in [-0.4, -0.2) is 22.4 Å². The normalized spacial score (nSPS) is 15.6. The number of hydrogen-bond donors (Lipinski definition) is 0. The van der Waals surface area contributed by atoms with Gasteiger partial charge in [0, 0.05) is 6.54 Å². The van der Waals surface area contributed by atoms with Gasteiger partial charge in [-0.05, 0) is 74.1 Å². The molecule has 3 amide bonds. The Morgan fingerprint density at radius 2 is 1.42 bits per heavy atom. The molecule has 0 spiro atoms. The molecule has 0 N–H and O–H groups in total. The number of imide groups is 1. The van der Waals surface area contributed by atoms with Crippen molar-refractivity contribution in [1.29, 1.82) is 0 Å². The maximum atomic E-state index is 13.4. The van der Waals surface area contributed by atoms with Gasteiger partial charge in [0.2, 0.25) is 0 Å². The van der Waals surface area contributed by atoms with Gasteiger partial charge in [0.05, 0.1) is 5.69 Å². The van der Waals surface area contributed by atoms with Crippen molar-refractivity contribution in [3.05, 3.63) is 101 Å². The molecular formula is C27H28N2O2. The smallest absolute Gasteiger partial charge is 0.305 e. The number of amides is 3. The highest BCUT2D eigenvalue weighted by Gasteiger charge is 2.51. The van der Waals surface area contributed by atoms with Crippen LogP contribution in [0, 0.1) is 13.8 Å². The fraction of sp³-hybridized carbons (Fsp3) is 0.259. The van der Waals surface area contributed by atoms with Gasteiger partial charge in [0.25, 0.3) is 5.91 Å². The average molecular weight is 413 g/mol. The molecule has 1 heterocycles. The third-order valence-electron chi connectivity index (χ3n) is 6.26. The van der Waals surface area contributed by atoms with Crippen molar-refractivity contribution in [3.63, 3.8) is 0 Å². The molecule has 4 heteroatoms. The Morgan fingerprint density at radius 1 is 0.774 bits per heavy atom. The highest BCUT2D eigenvalue weighted by molar-refractivity contribution is 6.23. The van der Waals surface area contributed by atoms with E-state index in [-0.39, 0.29) is 11.9 Å². The summed E-state index contributed by atoms with van der Waals surface area (Å²) in [6.07, 6.45) is 0.786. The zero-order chi connectivity index (χ0) is 22.2. The van der Waals surface area contributed by atoms with Gasteiger partial charge in [-0.1, -0.05) is 60.7 Å². The van der Waals surface area contributed by atoms with Crippen molar-refractivity contribution < 1.29 is 9.59 Å². The summed E-state index contributed by atoms with van der Waals surface area (Å²) in [7, 11) is 0. The van der Waals surface area contributed by atoms with Gasteiger partial charge in [0.1, 0.15) is 5.54 Å². The second-order valence-corrected chi connectivity index (χ2v) is 8.77. The van der Waals surface area contributed by atoms with Crippen LogP contribution >= 0.6 is 0 Å². The molecular weight excluding hydrogens is 384 g/mol. The van der Waals surface area contributed by atoms with Crippen molar-refractivity contribution in [3.8, 4) is 0 Å². The van der Waals surface area contributed by atoms with Crippen LogP contribution in [0.3, 0.4) is 0 Å². The first-order chi connectivity index (χ1) is 14.8. The van der Waals surface area contributed by atoms with Crippen LogP contribution in [-0.2, 0) is 17.8 Å². The number of carbonyl (C=O) groups is 2. The Labute approximate surface area is 184 Å². The van der Waals surface area contributed by atoms with E-state index < -0.39 is 5.54 Å². The lowest BCUT2D eigenvalue weighted by Crippen LogP contribution is -2.43. The molecule has 1 saturated heterocycles. The second kappa shape index (κ2) is 8.03. The summed E-state index contributed by atoms with van der Waals surface area (Å²) in [6.45, 7) is 8.06. The molecule has 1 fully saturated rings. The Kier molecular flexibility index (Phi) is 5.40. The fourth-order valence-corrected chi connectivity index (χ4v) is 4.06. The summed E-state index contributed by atoms with van der Waals surface area (Å²) in [6, 6.07) is 23.9. The Morgan fingerprint density at radius 3 is 2.10 bits per heavy atom. The SMILES string of the molecule is Cc1ccc(N2C(=O)N(Cc3ccccc3Cc3ccccc3)C(C)(C)C2=O)cc1C. The monoisotopic (exact) mass is 412 g/mol. The van der Waals surface area contributed by atoms with Crippen molar-refractivity contribution in [2.45, 2.75) is 46.2 Å². The first-order valence-corrected chi connectivity index (χ1v) is 10.6. The van der Waals surface area contributed by atoms with Gasteiger partial charge in [-0.3, -0.25) is 4.79 Å². The second-order valence-electron chi connectivity index (χ2n) is 8.77. The summed E-state index contributed by atoms with van der Waals surface area (Å²) in [5, 5.41) is 0. The van der Waals surface area contributed by atoms with E-state index in [0.717, 1.165) is 28.7 Å². The molecule has 1 aliphatic heterocycles. The quantitative estimate of drug-likeness (QED) is 0.509. The maximum absolute atomic E-state index is 13.4. The predicted octanol–water partition coefficient (Wildman–Crippen LogP) is 5.64. The molecule has 3 aromatic carbocycles. The van der Waals surface area contributed by atoms with Crippen LogP contribution < -0.4 is 4.90 Å². The van der Waals surface area contributed by atoms with Crippen LogP contribution in [0.15, 0.2) is 72.8 Å². The fourth-order valence-electron chi connectivity index (χ4n) is 4.06. The number of benzene rings is 3. The van der Waals surface area contributed by atoms with Crippen LogP contribution in [0.5, 0.6) is 0 Å². The van der Waals surface area contributed by atoms with E-state index in [1.807, 2.05) is 82.3 Å². The van der Waals surface area contributed by atoms with Crippen LogP contribution in [0.4, 0.5) is 10.5 Å². The minimum atomic E-state index is -0.921. The van der Waals surface area contributed by atoms with E-state index in [1.165, 1.54) is 10.5 Å². The zero-order valence-corrected chi connectivity index (χ0v) is 18.6. The molecule has 0 aliphatic carbocycles. The molecule has 1 aliphatic rings. The number of nitrogens with zero attached hydrogens (tertiary/aromatic N) is 2. The van der Waals surface area contributed by atoms with Gasteiger partial charge in [-0.15, -0.1) is 0 Å². The van der Waals surface area contributed by atoms with Crippen molar-refractivity contribution in [2.24, 2.45) is 0 Å². The number of hydrogen-bond acceptors (Lipinski definition) is 2. The molecule has 0 bridgehead atoms. The van der Waals surface area contributed by atoms with E-state index in [2.05, 4.69) is 18.2 Å². The van der Waals surface area contributed by atoms with Gasteiger partial charge in [-0.25, -0.2) is 9.69 Å². The van der Waals surface area contributed by atoms with Gasteiger partial charge >= 0.3 is 6.03 Å². The lowest BCUT2D eigenvalue weighted by molar-refractivity contribution is -0.123. The number of urea groups is 1. The van der Waals surface area contributed by atoms with Gasteiger partial charge < -0.3 is 4.90 Å². The standard InChI is InChI=1S/C27H28N2O2/c1-19-14-15-24(16-20(19)2)29-25(30)27(3,4)28(26(29)31)18-23-13-9-8-12-22(23)17-21-10-6-5-7-11-21/h5-16H,17-18H2,1-4H3. The number of rotatable bonds is 5. The molecule has 0 radical (unpaired) electrons. The van der Waals surface area contributed by atoms with Crippen molar-refractivity contribution >= 4 is 17.6 Å². The summed E-state index contributed by atoms with van der Waals surface area (Å²) in [5.74, 6) is -0.193. The van der Waals surface area contributed by atoms with E-state index in [0.29, 0.717) is 12.2 Å². The lowest BCUT2D eigenvalue weighted by Gasteiger charge is -2.28. The minimum Gasteiger partial charge on any atom is -0.305 e. The Bertz CT molecular complexity index is 1130. The number of carbonyl (C=O) groups excluding carboxylic acids is 2. The van der Waals surface area contributed by atoms with E-state index in [9.17, 15) is 9.59 Å². The maximum Gasteiger partial charge on any atom is 0.332 e. The Hall–Kier alpha value is -3.40. The Balaban J connectivity index is 1.65. The lowest BCUT2D eigenvalue weighted by atomic mass is 9.97. The molecule has 158 valence electrons. The largest absolute Gasteiger partial charge is 0.332 e. The summed E-state index contributed by atoms with van der Waals surface area (Å²) >= 11 is 0. The summed E-state index contributed by atoms with van der Waals surface area (Å²) < 4.78 is 0. The zero-order valence-electron chi connectivity index (χ0n) is 18.6. The summed E-state index contributed by atoms with van der Waals surface area (Å²) in [4.78, 5) is 29.7. The molecule has 3 aromatic rings. The molecule has 4 nitrogen and oxygen atoms in total. The molecule has 0 aromatic heterocycles. The number of anilines is 1. The minimum absolute atomic E-state index is 0.193. The molecule has 0 atom stereocenters. The van der Waals surface area contributed by atoms with Crippen molar-refractivity contribution in [2.75, 3.05) is 4.90 Å². The molecule has 0 saturated carbocycles. The highest BCUT2D eigenvalue weighted by Crippen LogP contribution is 2.34. The third-order valence-corrected chi connectivity index (χ3v) is 6.26. The first-order valence-electron chi connectivity index (χ1n) is 10.6.